The van der Waals surface area contributed by atoms with Gasteiger partial charge in [0.25, 0.3) is 5.91 Å². The van der Waals surface area contributed by atoms with Crippen LogP contribution in [0.15, 0.2) is 24.3 Å². The zero-order valence-corrected chi connectivity index (χ0v) is 12.9. The van der Waals surface area contributed by atoms with Crippen molar-refractivity contribution >= 4 is 51.3 Å². The highest BCUT2D eigenvalue weighted by atomic mass is 35.5. The van der Waals surface area contributed by atoms with Crippen LogP contribution in [-0.2, 0) is 6.42 Å². The van der Waals surface area contributed by atoms with E-state index in [0.717, 1.165) is 11.4 Å². The van der Waals surface area contributed by atoms with Gasteiger partial charge in [-0.3, -0.25) is 10.1 Å². The first-order chi connectivity index (χ1) is 9.60. The summed E-state index contributed by atoms with van der Waals surface area (Å²) in [5.74, 6) is -0.367. The Bertz CT molecular complexity index is 644. The van der Waals surface area contributed by atoms with Crippen LogP contribution in [-0.4, -0.2) is 21.2 Å². The van der Waals surface area contributed by atoms with Gasteiger partial charge in [0.2, 0.25) is 5.13 Å². The number of rotatable bonds is 3. The Morgan fingerprint density at radius 1 is 1.40 bits per heavy atom. The number of nitrogens with zero attached hydrogens (tertiary/aromatic N) is 2. The van der Waals surface area contributed by atoms with E-state index < -0.39 is 0 Å². The molecule has 20 heavy (non-hydrogen) atoms. The fourth-order valence-corrected chi connectivity index (χ4v) is 2.55. The number of amides is 1. The molecular weight excluding hydrogens is 316 g/mol. The molecule has 5 nitrogen and oxygen atoms in total. The molecule has 0 aliphatic heterocycles. The summed E-state index contributed by atoms with van der Waals surface area (Å²) in [6, 6.07) is 6.75. The van der Waals surface area contributed by atoms with Gasteiger partial charge < -0.3 is 5.32 Å². The van der Waals surface area contributed by atoms with Gasteiger partial charge in [-0.1, -0.05) is 42.0 Å². The molecule has 2 rings (SSSR count). The van der Waals surface area contributed by atoms with E-state index >= 15 is 0 Å². The Morgan fingerprint density at radius 3 is 2.80 bits per heavy atom. The number of hydrogen-bond acceptors (Lipinski definition) is 5. The van der Waals surface area contributed by atoms with Crippen molar-refractivity contribution in [3.05, 3.63) is 39.9 Å². The Labute approximate surface area is 130 Å². The second-order valence-corrected chi connectivity index (χ2v) is 5.62. The first-order valence-electron chi connectivity index (χ1n) is 5.79. The van der Waals surface area contributed by atoms with Crippen LogP contribution in [0.3, 0.4) is 0 Å². The molecule has 0 saturated heterocycles. The fourth-order valence-electron chi connectivity index (χ4n) is 1.39. The summed E-state index contributed by atoms with van der Waals surface area (Å²) < 4.78 is 0. The number of nitrogens with one attached hydrogen (secondary N) is 2. The largest absolute Gasteiger partial charge is 0.307 e. The number of aryl methyl sites for hydroxylation is 1. The number of anilines is 1. The third-order valence-corrected chi connectivity index (χ3v) is 3.85. The van der Waals surface area contributed by atoms with E-state index in [9.17, 15) is 4.79 Å². The molecule has 8 heteroatoms. The molecular formula is C12H11ClN4OS2. The molecule has 0 bridgehead atoms. The Hall–Kier alpha value is -1.57. The predicted molar refractivity (Wildman–Crippen MR) is 84.4 cm³/mol. The van der Waals surface area contributed by atoms with E-state index in [4.69, 9.17) is 23.8 Å². The van der Waals surface area contributed by atoms with Gasteiger partial charge in [0.15, 0.2) is 5.11 Å². The van der Waals surface area contributed by atoms with E-state index in [1.165, 1.54) is 11.3 Å². The number of benzene rings is 1. The Morgan fingerprint density at radius 2 is 2.15 bits per heavy atom. The van der Waals surface area contributed by atoms with Gasteiger partial charge in [-0.25, -0.2) is 0 Å². The second kappa shape index (κ2) is 6.74. The zero-order chi connectivity index (χ0) is 14.5. The standard InChI is InChI=1S/C12H11ClN4OS2/c1-2-9-16-17-12(20-9)15-11(19)14-10(18)7-5-3-4-6-8(7)13/h3-6H,2H2,1H3,(H2,14,15,17,18,19). The molecule has 1 heterocycles. The summed E-state index contributed by atoms with van der Waals surface area (Å²) in [7, 11) is 0. The summed E-state index contributed by atoms with van der Waals surface area (Å²) in [5, 5.41) is 15.2. The number of thiocarbonyl (C=S) groups is 1. The molecule has 1 aromatic heterocycles. The van der Waals surface area contributed by atoms with Gasteiger partial charge in [0, 0.05) is 0 Å². The van der Waals surface area contributed by atoms with Gasteiger partial charge in [-0.05, 0) is 30.8 Å². The summed E-state index contributed by atoms with van der Waals surface area (Å²) >= 11 is 12.4. The lowest BCUT2D eigenvalue weighted by Gasteiger charge is -2.07. The van der Waals surface area contributed by atoms with E-state index in [-0.39, 0.29) is 11.0 Å². The minimum absolute atomic E-state index is 0.161. The third-order valence-electron chi connectivity index (χ3n) is 2.34. The van der Waals surface area contributed by atoms with Crippen molar-refractivity contribution in [1.29, 1.82) is 0 Å². The molecule has 0 radical (unpaired) electrons. The Kier molecular flexibility index (Phi) is 4.99. The predicted octanol–water partition coefficient (Wildman–Crippen LogP) is 2.88. The molecule has 1 aromatic carbocycles. The van der Waals surface area contributed by atoms with E-state index in [2.05, 4.69) is 20.8 Å². The highest BCUT2D eigenvalue weighted by Gasteiger charge is 2.12. The Balaban J connectivity index is 1.98. The van der Waals surface area contributed by atoms with Gasteiger partial charge in [-0.15, -0.1) is 10.2 Å². The van der Waals surface area contributed by atoms with Crippen molar-refractivity contribution in [1.82, 2.24) is 15.5 Å². The maximum absolute atomic E-state index is 12.0. The minimum Gasteiger partial charge on any atom is -0.307 e. The number of carbonyl (C=O) groups is 1. The lowest BCUT2D eigenvalue weighted by atomic mass is 10.2. The average Bonchev–Trinajstić information content (AvgIpc) is 2.86. The van der Waals surface area contributed by atoms with Crippen LogP contribution in [0.1, 0.15) is 22.3 Å². The van der Waals surface area contributed by atoms with Gasteiger partial charge in [0.05, 0.1) is 10.6 Å². The summed E-state index contributed by atoms with van der Waals surface area (Å²) in [6.45, 7) is 1.99. The second-order valence-electron chi connectivity index (χ2n) is 3.74. The fraction of sp³-hybridized carbons (Fsp3) is 0.167. The SMILES string of the molecule is CCc1nnc(NC(=S)NC(=O)c2ccccc2Cl)s1. The highest BCUT2D eigenvalue weighted by molar-refractivity contribution is 7.80. The molecule has 0 aliphatic carbocycles. The molecule has 1 amide bonds. The van der Waals surface area contributed by atoms with Crippen molar-refractivity contribution in [3.63, 3.8) is 0 Å². The van der Waals surface area contributed by atoms with Crippen molar-refractivity contribution in [2.24, 2.45) is 0 Å². The van der Waals surface area contributed by atoms with Gasteiger partial charge in [-0.2, -0.15) is 0 Å². The van der Waals surface area contributed by atoms with Crippen LogP contribution < -0.4 is 10.6 Å². The molecule has 0 aliphatic rings. The van der Waals surface area contributed by atoms with E-state index in [1.807, 2.05) is 6.92 Å². The van der Waals surface area contributed by atoms with Gasteiger partial charge >= 0.3 is 0 Å². The molecule has 104 valence electrons. The van der Waals surface area contributed by atoms with E-state index in [1.54, 1.807) is 24.3 Å². The maximum Gasteiger partial charge on any atom is 0.258 e. The molecule has 0 atom stereocenters. The normalized spacial score (nSPS) is 10.1. The lowest BCUT2D eigenvalue weighted by Crippen LogP contribution is -2.34. The van der Waals surface area contributed by atoms with Crippen molar-refractivity contribution in [2.45, 2.75) is 13.3 Å². The number of aromatic nitrogens is 2. The average molecular weight is 327 g/mol. The molecule has 0 spiro atoms. The first-order valence-corrected chi connectivity index (χ1v) is 7.39. The quantitative estimate of drug-likeness (QED) is 0.849. The van der Waals surface area contributed by atoms with E-state index in [0.29, 0.717) is 15.7 Å². The monoisotopic (exact) mass is 326 g/mol. The topological polar surface area (TPSA) is 66.9 Å². The third kappa shape index (κ3) is 3.72. The molecule has 2 N–H and O–H groups in total. The van der Waals surface area contributed by atoms with Gasteiger partial charge in [0.1, 0.15) is 5.01 Å². The number of halogens is 1. The smallest absolute Gasteiger partial charge is 0.258 e. The minimum atomic E-state index is -0.367. The van der Waals surface area contributed by atoms with Crippen LogP contribution in [0.2, 0.25) is 5.02 Å². The molecule has 2 aromatic rings. The van der Waals surface area contributed by atoms with Crippen molar-refractivity contribution < 1.29 is 4.79 Å². The van der Waals surface area contributed by atoms with Crippen LogP contribution in [0.5, 0.6) is 0 Å². The maximum atomic E-state index is 12.0. The molecule has 0 saturated carbocycles. The number of hydrogen-bond donors (Lipinski definition) is 2. The lowest BCUT2D eigenvalue weighted by molar-refractivity contribution is 0.0978. The summed E-state index contributed by atoms with van der Waals surface area (Å²) in [5.41, 5.74) is 0.366. The zero-order valence-electron chi connectivity index (χ0n) is 10.5. The van der Waals surface area contributed by atoms with Crippen LogP contribution in [0.25, 0.3) is 0 Å². The summed E-state index contributed by atoms with van der Waals surface area (Å²) in [6.07, 6.45) is 0.804. The first kappa shape index (κ1) is 14.8. The number of carbonyl (C=O) groups excluding carboxylic acids is 1. The van der Waals surface area contributed by atoms with Crippen molar-refractivity contribution in [2.75, 3.05) is 5.32 Å². The molecule has 0 unspecified atom stereocenters. The summed E-state index contributed by atoms with van der Waals surface area (Å²) in [4.78, 5) is 12.0. The van der Waals surface area contributed by atoms with Crippen LogP contribution in [0, 0.1) is 0 Å². The highest BCUT2D eigenvalue weighted by Crippen LogP contribution is 2.16. The van der Waals surface area contributed by atoms with Crippen LogP contribution in [0.4, 0.5) is 5.13 Å². The molecule has 0 fully saturated rings. The van der Waals surface area contributed by atoms with Crippen LogP contribution >= 0.6 is 35.2 Å². The van der Waals surface area contributed by atoms with Crippen molar-refractivity contribution in [3.8, 4) is 0 Å².